The predicted molar refractivity (Wildman–Crippen MR) is 42.9 cm³/mol. The number of non-ortho nitro benzene ring substituents is 1. The van der Waals surface area contributed by atoms with Crippen molar-refractivity contribution in [2.24, 2.45) is 0 Å². The van der Waals surface area contributed by atoms with Gasteiger partial charge in [-0.2, -0.15) is 8.42 Å². The van der Waals surface area contributed by atoms with Crippen molar-refractivity contribution in [1.82, 2.24) is 0 Å². The van der Waals surface area contributed by atoms with Crippen molar-refractivity contribution in [3.63, 3.8) is 0 Å². The Labute approximate surface area is 118 Å². The quantitative estimate of drug-likeness (QED) is 0.469. The molecule has 0 bridgehead atoms. The summed E-state index contributed by atoms with van der Waals surface area (Å²) >= 11 is 0. The second-order valence-electron chi connectivity index (χ2n) is 2.23. The Bertz CT molecular complexity index is 443. The van der Waals surface area contributed by atoms with Crippen molar-refractivity contribution >= 4 is 15.8 Å². The average Bonchev–Trinajstić information content (AvgIpc) is 2.03. The fourth-order valence-corrected chi connectivity index (χ4v) is 1.28. The van der Waals surface area contributed by atoms with Crippen molar-refractivity contribution in [1.29, 1.82) is 0 Å². The molecule has 0 aliphatic carbocycles. The van der Waals surface area contributed by atoms with Gasteiger partial charge in [-0.05, 0) is 6.07 Å². The second kappa shape index (κ2) is 5.22. The minimum Gasteiger partial charge on any atom is -0.282 e. The Morgan fingerprint density at radius 2 is 1.93 bits per heavy atom. The molecule has 1 aromatic rings. The number of rotatable bonds is 2. The first-order chi connectivity index (χ1) is 5.91. The summed E-state index contributed by atoms with van der Waals surface area (Å²) in [5, 5.41) is 10.2. The monoisotopic (exact) mass is 377 g/mol. The van der Waals surface area contributed by atoms with E-state index in [1.165, 1.54) is 6.07 Å². The van der Waals surface area contributed by atoms with Gasteiger partial charge < -0.3 is 0 Å². The SMILES string of the molecule is O=[N+]([O-])c1cccc(S(=O)(=O)O)c1.[Yb]. The van der Waals surface area contributed by atoms with Crippen molar-refractivity contribution < 1.29 is 64.8 Å². The van der Waals surface area contributed by atoms with Gasteiger partial charge in [-0.25, -0.2) is 0 Å². The molecule has 1 N–H and O–H groups in total. The van der Waals surface area contributed by atoms with Crippen LogP contribution in [0.5, 0.6) is 0 Å². The molecule has 8 heteroatoms. The number of nitro benzene ring substituents is 1. The summed E-state index contributed by atoms with van der Waals surface area (Å²) in [5.74, 6) is 0. The Hall–Kier alpha value is 0.0495. The van der Waals surface area contributed by atoms with Crippen LogP contribution < -0.4 is 0 Å². The molecule has 0 unspecified atom stereocenters. The molecule has 0 radical (unpaired) electrons. The van der Waals surface area contributed by atoms with E-state index in [1.807, 2.05) is 0 Å². The fourth-order valence-electron chi connectivity index (χ4n) is 0.758. The van der Waals surface area contributed by atoms with Gasteiger partial charge in [-0.3, -0.25) is 14.7 Å². The maximum Gasteiger partial charge on any atom is 0.294 e. The van der Waals surface area contributed by atoms with Crippen LogP contribution in [0.1, 0.15) is 0 Å². The summed E-state index contributed by atoms with van der Waals surface area (Å²) in [5.41, 5.74) is -0.380. The van der Waals surface area contributed by atoms with Crippen LogP contribution in [0.25, 0.3) is 0 Å². The van der Waals surface area contributed by atoms with Crippen LogP contribution in [0.3, 0.4) is 0 Å². The fraction of sp³-hybridized carbons (Fsp3) is 0. The molecule has 14 heavy (non-hydrogen) atoms. The molecule has 0 saturated heterocycles. The second-order valence-corrected chi connectivity index (χ2v) is 3.65. The standard InChI is InChI=1S/C6H5NO5S.Yb/c8-7(9)5-2-1-3-6(4-5)13(10,11)12;/h1-4H,(H,10,11,12);. The number of nitro groups is 1. The first kappa shape index (κ1) is 14.0. The average molecular weight is 376 g/mol. The number of nitrogens with zero attached hydrogens (tertiary/aromatic N) is 1. The van der Waals surface area contributed by atoms with Gasteiger partial charge in [-0.15, -0.1) is 0 Å². The molecule has 0 spiro atoms. The Morgan fingerprint density at radius 1 is 1.36 bits per heavy atom. The van der Waals surface area contributed by atoms with Crippen LogP contribution >= 0.6 is 0 Å². The number of hydrogen-bond acceptors (Lipinski definition) is 4. The Kier molecular flexibility index (Phi) is 5.24. The molecule has 0 saturated carbocycles. The minimum atomic E-state index is -4.36. The van der Waals surface area contributed by atoms with Crippen LogP contribution in [-0.2, 0) is 10.1 Å². The molecular weight excluding hydrogens is 371 g/mol. The molecule has 0 atom stereocenters. The first-order valence-electron chi connectivity index (χ1n) is 3.13. The van der Waals surface area contributed by atoms with E-state index < -0.39 is 19.9 Å². The van der Waals surface area contributed by atoms with Gasteiger partial charge >= 0.3 is 0 Å². The number of benzene rings is 1. The van der Waals surface area contributed by atoms with Crippen molar-refractivity contribution in [2.75, 3.05) is 0 Å². The maximum absolute atomic E-state index is 10.5. The van der Waals surface area contributed by atoms with Crippen LogP contribution in [0.4, 0.5) is 5.69 Å². The van der Waals surface area contributed by atoms with E-state index in [2.05, 4.69) is 0 Å². The summed E-state index contributed by atoms with van der Waals surface area (Å²) in [6.07, 6.45) is 0. The smallest absolute Gasteiger partial charge is 0.282 e. The summed E-state index contributed by atoms with van der Waals surface area (Å²) in [7, 11) is -4.36. The zero-order valence-electron chi connectivity index (χ0n) is 6.51. The van der Waals surface area contributed by atoms with E-state index in [-0.39, 0.29) is 52.6 Å². The molecule has 0 fully saturated rings. The zero-order chi connectivity index (χ0) is 10.1. The summed E-state index contributed by atoms with van der Waals surface area (Å²) in [6.45, 7) is 0. The van der Waals surface area contributed by atoms with Gasteiger partial charge in [0.25, 0.3) is 15.8 Å². The molecule has 84 valence electrons. The molecule has 0 heterocycles. The van der Waals surface area contributed by atoms with Crippen LogP contribution in [0, 0.1) is 57.0 Å². The maximum atomic E-state index is 10.5. The molecule has 0 amide bonds. The third kappa shape index (κ3) is 3.66. The predicted octanol–water partition coefficient (Wildman–Crippen LogP) is 0.842. The van der Waals surface area contributed by atoms with Crippen LogP contribution in [0.15, 0.2) is 29.2 Å². The van der Waals surface area contributed by atoms with Crippen molar-refractivity contribution in [2.45, 2.75) is 4.90 Å². The molecular formula is C6H5NO5SYb. The zero-order valence-corrected chi connectivity index (χ0v) is 9.04. The van der Waals surface area contributed by atoms with Gasteiger partial charge in [0.2, 0.25) is 0 Å². The molecule has 0 aromatic heterocycles. The van der Waals surface area contributed by atoms with Gasteiger partial charge in [0.1, 0.15) is 4.90 Å². The van der Waals surface area contributed by atoms with Gasteiger partial charge in [0.05, 0.1) is 4.92 Å². The van der Waals surface area contributed by atoms with Crippen LogP contribution in [0.2, 0.25) is 0 Å². The van der Waals surface area contributed by atoms with E-state index in [9.17, 15) is 18.5 Å². The molecule has 1 rings (SSSR count). The largest absolute Gasteiger partial charge is 0.294 e. The van der Waals surface area contributed by atoms with Crippen molar-refractivity contribution in [3.05, 3.63) is 34.4 Å². The molecule has 0 aliphatic rings. The Morgan fingerprint density at radius 3 is 2.36 bits per heavy atom. The third-order valence-electron chi connectivity index (χ3n) is 1.33. The Balaban J connectivity index is 0.00000169. The van der Waals surface area contributed by atoms with Gasteiger partial charge in [-0.1, -0.05) is 6.07 Å². The summed E-state index contributed by atoms with van der Waals surface area (Å²) in [6, 6.07) is 4.17. The molecule has 1 aromatic carbocycles. The third-order valence-corrected chi connectivity index (χ3v) is 2.18. The molecule has 0 aliphatic heterocycles. The summed E-state index contributed by atoms with van der Waals surface area (Å²) < 4.78 is 29.6. The van der Waals surface area contributed by atoms with E-state index in [0.717, 1.165) is 18.2 Å². The van der Waals surface area contributed by atoms with Crippen molar-refractivity contribution in [3.8, 4) is 0 Å². The summed E-state index contributed by atoms with van der Waals surface area (Å²) in [4.78, 5) is 8.98. The van der Waals surface area contributed by atoms with E-state index in [0.29, 0.717) is 0 Å². The van der Waals surface area contributed by atoms with E-state index in [1.54, 1.807) is 0 Å². The van der Waals surface area contributed by atoms with Gasteiger partial charge in [0.15, 0.2) is 0 Å². The van der Waals surface area contributed by atoms with Gasteiger partial charge in [0, 0.05) is 59.1 Å². The van der Waals surface area contributed by atoms with E-state index >= 15 is 0 Å². The topological polar surface area (TPSA) is 97.5 Å². The van der Waals surface area contributed by atoms with E-state index in [4.69, 9.17) is 4.55 Å². The normalized spacial score (nSPS) is 10.4. The molecule has 6 nitrogen and oxygen atoms in total. The number of hydrogen-bond donors (Lipinski definition) is 1. The minimum absolute atomic E-state index is 0. The first-order valence-corrected chi connectivity index (χ1v) is 4.57. The van der Waals surface area contributed by atoms with Crippen LogP contribution in [-0.4, -0.2) is 17.9 Å².